The number of rotatable bonds is 9. The fourth-order valence-electron chi connectivity index (χ4n) is 4.22. The van der Waals surface area contributed by atoms with Gasteiger partial charge in [-0.1, -0.05) is 31.2 Å². The molecule has 12 heteroatoms. The highest BCUT2D eigenvalue weighted by Crippen LogP contribution is 2.53. The molecule has 1 aliphatic rings. The Hall–Kier alpha value is -2.60. The van der Waals surface area contributed by atoms with E-state index < -0.39 is 45.4 Å². The largest absolute Gasteiger partial charge is 0.430 e. The van der Waals surface area contributed by atoms with Gasteiger partial charge in [-0.3, -0.25) is 4.79 Å². The number of hydrogen-bond acceptors (Lipinski definition) is 4. The van der Waals surface area contributed by atoms with E-state index in [-0.39, 0.29) is 28.7 Å². The van der Waals surface area contributed by atoms with Gasteiger partial charge in [0.15, 0.2) is 9.84 Å². The minimum atomic E-state index is -5.80. The van der Waals surface area contributed by atoms with Crippen LogP contribution in [0.3, 0.4) is 0 Å². The van der Waals surface area contributed by atoms with Gasteiger partial charge in [0.1, 0.15) is 0 Å². The lowest BCUT2D eigenvalue weighted by molar-refractivity contribution is -0.396. The number of nitrogens with zero attached hydrogens (tertiary/aromatic N) is 1. The van der Waals surface area contributed by atoms with Crippen LogP contribution >= 0.6 is 0 Å². The molecule has 0 bridgehead atoms. The van der Waals surface area contributed by atoms with Crippen LogP contribution < -0.4 is 4.90 Å². The molecule has 0 spiro atoms. The third kappa shape index (κ3) is 6.17. The van der Waals surface area contributed by atoms with Crippen LogP contribution in [0.25, 0.3) is 0 Å². The minimum absolute atomic E-state index is 0.0668. The van der Waals surface area contributed by atoms with Crippen LogP contribution in [0.5, 0.6) is 0 Å². The normalized spacial score (nSPS) is 18.5. The average Bonchev–Trinajstić information content (AvgIpc) is 3.48. The average molecular weight is 566 g/mol. The lowest BCUT2D eigenvalue weighted by Gasteiger charge is -2.38. The second-order valence-electron chi connectivity index (χ2n) is 9.92. The molecule has 2 aromatic carbocycles. The summed E-state index contributed by atoms with van der Waals surface area (Å²) in [7, 11) is -2.11. The maximum Gasteiger partial charge on any atom is 0.430 e. The Morgan fingerprint density at radius 1 is 0.974 bits per heavy atom. The Balaban J connectivity index is 1.77. The van der Waals surface area contributed by atoms with Crippen molar-refractivity contribution in [3.05, 3.63) is 59.7 Å². The number of benzene rings is 2. The molecule has 0 heterocycles. The van der Waals surface area contributed by atoms with Crippen LogP contribution in [0.4, 0.5) is 32.0 Å². The molecule has 0 saturated heterocycles. The van der Waals surface area contributed by atoms with E-state index in [4.69, 9.17) is 0 Å². The second kappa shape index (κ2) is 10.5. The molecule has 2 atom stereocenters. The van der Waals surface area contributed by atoms with Gasteiger partial charge in [-0.05, 0) is 61.9 Å². The summed E-state index contributed by atoms with van der Waals surface area (Å²) in [6.07, 6.45) is -12.3. The first-order valence-corrected chi connectivity index (χ1v) is 13.5. The van der Waals surface area contributed by atoms with Gasteiger partial charge in [-0.25, -0.2) is 8.42 Å². The lowest BCUT2D eigenvalue weighted by Crippen LogP contribution is -2.57. The molecule has 0 radical (unpaired) electrons. The zero-order chi connectivity index (χ0) is 28.7. The van der Waals surface area contributed by atoms with E-state index in [9.17, 15) is 39.6 Å². The molecule has 5 nitrogen and oxygen atoms in total. The van der Waals surface area contributed by atoms with E-state index in [1.807, 2.05) is 6.92 Å². The van der Waals surface area contributed by atoms with Gasteiger partial charge in [0.05, 0.1) is 23.2 Å². The van der Waals surface area contributed by atoms with Crippen LogP contribution in [0.2, 0.25) is 0 Å². The molecule has 1 aliphatic carbocycles. The van der Waals surface area contributed by atoms with Crippen molar-refractivity contribution in [3.63, 3.8) is 0 Å². The molecule has 0 aromatic heterocycles. The SMILES string of the molecule is CC(C)OC(c1ccc(N(C)C(=O)Cc2ccc(S(=O)(=O)C[C@H]3C[C@@H]3C)cc2)cc1)(C(F)(F)F)C(F)(F)F. The molecule has 210 valence electrons. The van der Waals surface area contributed by atoms with Crippen molar-refractivity contribution in [1.29, 1.82) is 0 Å². The van der Waals surface area contributed by atoms with Crippen molar-refractivity contribution >= 4 is 21.4 Å². The molecular weight excluding hydrogens is 536 g/mol. The third-order valence-corrected chi connectivity index (χ3v) is 8.45. The maximum absolute atomic E-state index is 13.8. The van der Waals surface area contributed by atoms with Crippen molar-refractivity contribution in [3.8, 4) is 0 Å². The van der Waals surface area contributed by atoms with Crippen molar-refractivity contribution in [2.45, 2.75) is 62.6 Å². The number of anilines is 1. The van der Waals surface area contributed by atoms with E-state index in [2.05, 4.69) is 4.74 Å². The van der Waals surface area contributed by atoms with Crippen LogP contribution in [-0.4, -0.2) is 45.6 Å². The lowest BCUT2D eigenvalue weighted by atomic mass is 9.91. The third-order valence-electron chi connectivity index (χ3n) is 6.59. The highest BCUT2D eigenvalue weighted by molar-refractivity contribution is 7.91. The van der Waals surface area contributed by atoms with Crippen molar-refractivity contribution in [2.75, 3.05) is 17.7 Å². The molecular formula is C26H29F6NO4S. The summed E-state index contributed by atoms with van der Waals surface area (Å²) in [6, 6.07) is 9.09. The van der Waals surface area contributed by atoms with E-state index in [0.717, 1.165) is 37.3 Å². The predicted octanol–water partition coefficient (Wildman–Crippen LogP) is 6.07. The van der Waals surface area contributed by atoms with Crippen LogP contribution in [0, 0.1) is 11.8 Å². The molecule has 2 aromatic rings. The maximum atomic E-state index is 13.8. The molecule has 1 amide bonds. The van der Waals surface area contributed by atoms with Gasteiger partial charge < -0.3 is 9.64 Å². The standard InChI is InChI=1S/C26H29F6NO4S/c1-16(2)37-24(25(27,28)29,26(30,31)32)20-7-9-21(10-8-20)33(4)23(34)14-18-5-11-22(12-6-18)38(35,36)15-19-13-17(19)3/h5-12,16-17,19H,13-15H2,1-4H3/t17-,19+/m0/s1. The Morgan fingerprint density at radius 2 is 1.47 bits per heavy atom. The minimum Gasteiger partial charge on any atom is -0.351 e. The summed E-state index contributed by atoms with van der Waals surface area (Å²) in [5, 5.41) is 0. The number of hydrogen-bond donors (Lipinski definition) is 0. The molecule has 1 fully saturated rings. The number of sulfone groups is 1. The van der Waals surface area contributed by atoms with E-state index in [1.54, 1.807) is 0 Å². The van der Waals surface area contributed by atoms with Crippen molar-refractivity contribution in [2.24, 2.45) is 11.8 Å². The molecule has 0 unspecified atom stereocenters. The molecule has 3 rings (SSSR count). The Morgan fingerprint density at radius 3 is 1.89 bits per heavy atom. The molecule has 0 aliphatic heterocycles. The molecule has 0 N–H and O–H groups in total. The highest BCUT2D eigenvalue weighted by atomic mass is 32.2. The summed E-state index contributed by atoms with van der Waals surface area (Å²) in [5.41, 5.74) is -5.13. The predicted molar refractivity (Wildman–Crippen MR) is 129 cm³/mol. The van der Waals surface area contributed by atoms with E-state index in [0.29, 0.717) is 23.6 Å². The Labute approximate surface area is 217 Å². The van der Waals surface area contributed by atoms with Gasteiger partial charge in [0, 0.05) is 18.3 Å². The Kier molecular flexibility index (Phi) is 8.29. The number of amides is 1. The quantitative estimate of drug-likeness (QED) is 0.347. The van der Waals surface area contributed by atoms with E-state index >= 15 is 0 Å². The van der Waals surface area contributed by atoms with Gasteiger partial charge in [-0.15, -0.1) is 0 Å². The van der Waals surface area contributed by atoms with Crippen molar-refractivity contribution in [1.82, 2.24) is 0 Å². The summed E-state index contributed by atoms with van der Waals surface area (Å²) in [4.78, 5) is 14.0. The highest BCUT2D eigenvalue weighted by Gasteiger charge is 2.73. The number of likely N-dealkylation sites (N-methyl/N-ethyl adjacent to an activating group) is 1. The van der Waals surface area contributed by atoms with E-state index in [1.165, 1.54) is 31.3 Å². The van der Waals surface area contributed by atoms with Gasteiger partial charge in [0.2, 0.25) is 5.91 Å². The van der Waals surface area contributed by atoms with Crippen LogP contribution in [0.15, 0.2) is 53.4 Å². The molecule has 38 heavy (non-hydrogen) atoms. The Bertz CT molecular complexity index is 1220. The van der Waals surface area contributed by atoms with Crippen molar-refractivity contribution < 1.29 is 44.3 Å². The molecule has 1 saturated carbocycles. The topological polar surface area (TPSA) is 63.7 Å². The van der Waals surface area contributed by atoms with Gasteiger partial charge in [-0.2, -0.15) is 26.3 Å². The summed E-state index contributed by atoms with van der Waals surface area (Å²) < 4.78 is 112. The number of halogens is 6. The zero-order valence-electron chi connectivity index (χ0n) is 21.2. The first-order chi connectivity index (χ1) is 17.4. The van der Waals surface area contributed by atoms with Crippen LogP contribution in [0.1, 0.15) is 38.3 Å². The first-order valence-electron chi connectivity index (χ1n) is 11.9. The monoisotopic (exact) mass is 565 g/mol. The van der Waals surface area contributed by atoms with Crippen LogP contribution in [-0.2, 0) is 31.4 Å². The van der Waals surface area contributed by atoms with Gasteiger partial charge >= 0.3 is 12.4 Å². The fourth-order valence-corrected chi connectivity index (χ4v) is 6.00. The number of carbonyl (C=O) groups excluding carboxylic acids is 1. The van der Waals surface area contributed by atoms with Gasteiger partial charge in [0.25, 0.3) is 5.60 Å². The number of alkyl halides is 6. The zero-order valence-corrected chi connectivity index (χ0v) is 22.0. The first kappa shape index (κ1) is 29.9. The number of ether oxygens (including phenoxy) is 1. The smallest absolute Gasteiger partial charge is 0.351 e. The fraction of sp³-hybridized carbons (Fsp3) is 0.500. The summed E-state index contributed by atoms with van der Waals surface area (Å²) >= 11 is 0. The second-order valence-corrected chi connectivity index (χ2v) is 12.0. The number of carbonyl (C=O) groups is 1. The summed E-state index contributed by atoms with van der Waals surface area (Å²) in [5.74, 6) is 0.0941. The summed E-state index contributed by atoms with van der Waals surface area (Å²) in [6.45, 7) is 4.13.